The van der Waals surface area contributed by atoms with E-state index in [0.717, 1.165) is 6.42 Å². The molecule has 0 spiro atoms. The Morgan fingerprint density at radius 2 is 1.03 bits per heavy atom. The Kier molecular flexibility index (Phi) is 7.08. The number of Topliss-reactive ketones (excluding diaryl/α,β-unsaturated/α-hetero) is 1. The Bertz CT molecular complexity index is 1100. The number of ketones is 1. The first-order valence-electron chi connectivity index (χ1n) is 11.2. The number of hydrogen-bond donors (Lipinski definition) is 0. The number of piperidine rings is 1. The molecule has 0 bridgehead atoms. The van der Waals surface area contributed by atoms with E-state index in [-0.39, 0.29) is 0 Å². The molecule has 0 atom stereocenters. The number of likely N-dealkylation sites (tertiary alicyclic amines) is 1. The van der Waals surface area contributed by atoms with Gasteiger partial charge in [0.05, 0.1) is 0 Å². The summed E-state index contributed by atoms with van der Waals surface area (Å²) < 4.78 is 42.5. The van der Waals surface area contributed by atoms with Gasteiger partial charge in [-0.1, -0.05) is 91.0 Å². The summed E-state index contributed by atoms with van der Waals surface area (Å²) in [6.45, 7) is -2.80. The third-order valence-corrected chi connectivity index (χ3v) is 10.4. The van der Waals surface area contributed by atoms with Crippen LogP contribution in [0.25, 0.3) is 0 Å². The zero-order valence-corrected chi connectivity index (χ0v) is 19.4. The molecule has 1 amide bonds. The van der Waals surface area contributed by atoms with Crippen molar-refractivity contribution in [2.75, 3.05) is 13.1 Å². The summed E-state index contributed by atoms with van der Waals surface area (Å²) >= 11 is 0. The molecular weight excluding hydrogens is 458 g/mol. The Labute approximate surface area is 197 Å². The van der Waals surface area contributed by atoms with Crippen molar-refractivity contribution in [1.29, 1.82) is 0 Å². The van der Waals surface area contributed by atoms with Crippen LogP contribution in [0.1, 0.15) is 19.3 Å². The van der Waals surface area contributed by atoms with Gasteiger partial charge in [0.2, 0.25) is 0 Å². The van der Waals surface area contributed by atoms with E-state index in [2.05, 4.69) is 0 Å². The summed E-state index contributed by atoms with van der Waals surface area (Å²) in [6.07, 6.45) is -2.88. The van der Waals surface area contributed by atoms with Crippen LogP contribution in [0, 0.1) is 0 Å². The fraction of sp³-hybridized carbons (Fsp3) is 0.222. The van der Waals surface area contributed by atoms with Crippen LogP contribution in [-0.2, 0) is 9.59 Å². The van der Waals surface area contributed by atoms with Gasteiger partial charge in [-0.3, -0.25) is 9.59 Å². The van der Waals surface area contributed by atoms with Gasteiger partial charge in [0.25, 0.3) is 11.7 Å². The SMILES string of the molecule is O=C(C(C(=O)C(F)(F)F)=P(c1ccccc1)(c1ccccc1)c1ccccc1)N1CCCCC1. The molecule has 4 rings (SSSR count). The van der Waals surface area contributed by atoms with Crippen molar-refractivity contribution in [2.45, 2.75) is 25.4 Å². The minimum absolute atomic E-state index is 0.339. The van der Waals surface area contributed by atoms with Gasteiger partial charge in [-0.05, 0) is 42.1 Å². The number of benzene rings is 3. The van der Waals surface area contributed by atoms with Gasteiger partial charge in [0.15, 0.2) is 0 Å². The van der Waals surface area contributed by atoms with E-state index in [1.807, 2.05) is 0 Å². The Morgan fingerprint density at radius 3 is 1.38 bits per heavy atom. The fourth-order valence-electron chi connectivity index (χ4n) is 4.56. The maximum Gasteiger partial charge on any atom is 0.455 e. The summed E-state index contributed by atoms with van der Waals surface area (Å²) in [6, 6.07) is 26.0. The highest BCUT2D eigenvalue weighted by atomic mass is 31.2. The lowest BCUT2D eigenvalue weighted by molar-refractivity contribution is -0.163. The molecule has 0 radical (unpaired) electrons. The Hall–Kier alpha value is -3.11. The molecule has 1 aliphatic heterocycles. The second kappa shape index (κ2) is 10.0. The van der Waals surface area contributed by atoms with E-state index in [1.165, 1.54) is 4.90 Å². The smallest absolute Gasteiger partial charge is 0.338 e. The standard InChI is InChI=1S/C27H25F3NO2P/c28-27(29,30)25(32)24(26(33)31-19-11-4-12-20-31)34(21-13-5-1-6-14-21,22-15-7-2-8-16-22)23-17-9-3-10-18-23/h1-3,5-10,13-18H,4,11-12,19-20H2. The summed E-state index contributed by atoms with van der Waals surface area (Å²) in [5.74, 6) is -2.88. The summed E-state index contributed by atoms with van der Waals surface area (Å²) in [7, 11) is 0. The second-order valence-corrected chi connectivity index (χ2v) is 11.5. The van der Waals surface area contributed by atoms with Gasteiger partial charge in [0, 0.05) is 13.1 Å². The lowest BCUT2D eigenvalue weighted by atomic mass is 10.1. The molecule has 1 fully saturated rings. The van der Waals surface area contributed by atoms with Crippen LogP contribution >= 0.6 is 6.89 Å². The first kappa shape index (κ1) is 24.0. The molecular formula is C27H25F3NO2P. The van der Waals surface area contributed by atoms with Crippen molar-refractivity contribution < 1.29 is 22.8 Å². The molecule has 34 heavy (non-hydrogen) atoms. The zero-order chi connectivity index (χ0) is 24.2. The topological polar surface area (TPSA) is 37.4 Å². The van der Waals surface area contributed by atoms with Gasteiger partial charge >= 0.3 is 6.18 Å². The molecule has 0 N–H and O–H groups in total. The average molecular weight is 483 g/mol. The summed E-state index contributed by atoms with van der Waals surface area (Å²) in [5.41, 5.74) is 0. The molecule has 3 nitrogen and oxygen atoms in total. The number of halogens is 3. The van der Waals surface area contributed by atoms with Gasteiger partial charge in [0.1, 0.15) is 5.29 Å². The number of amides is 1. The van der Waals surface area contributed by atoms with Crippen molar-refractivity contribution in [3.8, 4) is 0 Å². The largest absolute Gasteiger partial charge is 0.455 e. The number of carbonyl (C=O) groups excluding carboxylic acids is 2. The van der Waals surface area contributed by atoms with Crippen LogP contribution in [0.15, 0.2) is 91.0 Å². The Morgan fingerprint density at radius 1 is 0.647 bits per heavy atom. The first-order chi connectivity index (χ1) is 16.4. The van der Waals surface area contributed by atoms with E-state index in [1.54, 1.807) is 91.0 Å². The van der Waals surface area contributed by atoms with Crippen LogP contribution < -0.4 is 15.9 Å². The van der Waals surface area contributed by atoms with E-state index in [4.69, 9.17) is 0 Å². The quantitative estimate of drug-likeness (QED) is 0.401. The molecule has 0 aliphatic carbocycles. The average Bonchev–Trinajstić information content (AvgIpc) is 2.88. The number of hydrogen-bond acceptors (Lipinski definition) is 2. The van der Waals surface area contributed by atoms with Crippen LogP contribution in [0.3, 0.4) is 0 Å². The highest BCUT2D eigenvalue weighted by Crippen LogP contribution is 2.48. The lowest BCUT2D eigenvalue weighted by Crippen LogP contribution is -2.49. The van der Waals surface area contributed by atoms with Crippen molar-refractivity contribution in [1.82, 2.24) is 4.90 Å². The minimum Gasteiger partial charge on any atom is -0.338 e. The van der Waals surface area contributed by atoms with Crippen molar-refractivity contribution >= 4 is 39.8 Å². The normalized spacial score (nSPS) is 14.5. The molecule has 0 unspecified atom stereocenters. The van der Waals surface area contributed by atoms with E-state index < -0.39 is 30.0 Å². The van der Waals surface area contributed by atoms with Crippen molar-refractivity contribution in [3.05, 3.63) is 91.0 Å². The van der Waals surface area contributed by atoms with Gasteiger partial charge < -0.3 is 4.90 Å². The van der Waals surface area contributed by atoms with Crippen LogP contribution in [0.2, 0.25) is 0 Å². The molecule has 3 aromatic carbocycles. The molecule has 176 valence electrons. The number of carbonyl (C=O) groups is 2. The van der Waals surface area contributed by atoms with Crippen molar-refractivity contribution in [3.63, 3.8) is 0 Å². The predicted octanol–water partition coefficient (Wildman–Crippen LogP) is 4.30. The number of rotatable bonds is 5. The third-order valence-electron chi connectivity index (χ3n) is 6.08. The van der Waals surface area contributed by atoms with Gasteiger partial charge in [-0.25, -0.2) is 0 Å². The van der Waals surface area contributed by atoms with Crippen LogP contribution in [-0.4, -0.2) is 41.1 Å². The molecule has 1 saturated heterocycles. The monoisotopic (exact) mass is 483 g/mol. The zero-order valence-electron chi connectivity index (χ0n) is 18.5. The van der Waals surface area contributed by atoms with E-state index >= 15 is 0 Å². The van der Waals surface area contributed by atoms with E-state index in [0.29, 0.717) is 41.8 Å². The van der Waals surface area contributed by atoms with Crippen LogP contribution in [0.5, 0.6) is 0 Å². The molecule has 3 aromatic rings. The first-order valence-corrected chi connectivity index (χ1v) is 13.0. The summed E-state index contributed by atoms with van der Waals surface area (Å²) in [5, 5.41) is 0.923. The van der Waals surface area contributed by atoms with Crippen LogP contribution in [0.4, 0.5) is 13.2 Å². The molecule has 7 heteroatoms. The highest BCUT2D eigenvalue weighted by molar-refractivity contribution is 7.97. The molecule has 1 heterocycles. The van der Waals surface area contributed by atoms with E-state index in [9.17, 15) is 22.8 Å². The summed E-state index contributed by atoms with van der Waals surface area (Å²) in [4.78, 5) is 28.6. The molecule has 0 saturated carbocycles. The molecule has 0 aromatic heterocycles. The highest BCUT2D eigenvalue weighted by Gasteiger charge is 2.49. The maximum absolute atomic E-state index is 14.2. The number of alkyl halides is 3. The minimum atomic E-state index is -5.19. The number of nitrogens with zero attached hydrogens (tertiary/aromatic N) is 1. The molecule has 1 aliphatic rings. The van der Waals surface area contributed by atoms with Crippen molar-refractivity contribution in [2.24, 2.45) is 0 Å². The van der Waals surface area contributed by atoms with Gasteiger partial charge in [-0.2, -0.15) is 13.2 Å². The second-order valence-electron chi connectivity index (χ2n) is 8.21. The Balaban J connectivity index is 2.23. The predicted molar refractivity (Wildman–Crippen MR) is 132 cm³/mol. The maximum atomic E-state index is 14.2. The lowest BCUT2D eigenvalue weighted by Gasteiger charge is -2.35. The third kappa shape index (κ3) is 4.47. The fourth-order valence-corrected chi connectivity index (χ4v) is 8.95. The van der Waals surface area contributed by atoms with Gasteiger partial charge in [-0.15, -0.1) is 0 Å².